The number of carbonyl (C=O) groups is 1. The molecule has 134 valence electrons. The summed E-state index contributed by atoms with van der Waals surface area (Å²) in [5.41, 5.74) is 0.509. The highest BCUT2D eigenvalue weighted by Crippen LogP contribution is 2.21. The fourth-order valence-corrected chi connectivity index (χ4v) is 3.37. The Bertz CT molecular complexity index is 854. The second kappa shape index (κ2) is 7.81. The molecule has 0 aliphatic heterocycles. The summed E-state index contributed by atoms with van der Waals surface area (Å²) < 4.78 is 26.0. The van der Waals surface area contributed by atoms with E-state index < -0.39 is 15.9 Å². The molecule has 0 saturated heterocycles. The maximum absolute atomic E-state index is 12.5. The van der Waals surface area contributed by atoms with Crippen molar-refractivity contribution in [2.24, 2.45) is 0 Å². The van der Waals surface area contributed by atoms with Crippen LogP contribution < -0.4 is 10.2 Å². The molecule has 0 aliphatic carbocycles. The summed E-state index contributed by atoms with van der Waals surface area (Å²) in [6.07, 6.45) is 1.61. The van der Waals surface area contributed by atoms with E-state index in [9.17, 15) is 13.2 Å². The predicted octanol–water partition coefficient (Wildman–Crippen LogP) is 2.06. The van der Waals surface area contributed by atoms with Gasteiger partial charge in [0, 0.05) is 32.4 Å². The van der Waals surface area contributed by atoms with Crippen molar-refractivity contribution in [3.63, 3.8) is 0 Å². The van der Waals surface area contributed by atoms with Crippen LogP contribution in [0.15, 0.2) is 47.5 Å². The molecule has 1 N–H and O–H groups in total. The summed E-state index contributed by atoms with van der Waals surface area (Å²) in [6.45, 7) is -0.327. The molecule has 9 heteroatoms. The number of benzene rings is 1. The summed E-state index contributed by atoms with van der Waals surface area (Å²) in [7, 11) is 1.17. The van der Waals surface area contributed by atoms with E-state index in [-0.39, 0.29) is 11.4 Å². The smallest absolute Gasteiger partial charge is 0.243 e. The molecule has 25 heavy (non-hydrogen) atoms. The van der Waals surface area contributed by atoms with Crippen molar-refractivity contribution in [1.82, 2.24) is 9.29 Å². The number of hydrogen-bond donors (Lipinski definition) is 1. The average Bonchev–Trinajstić information content (AvgIpc) is 2.55. The van der Waals surface area contributed by atoms with Crippen molar-refractivity contribution < 1.29 is 13.2 Å². The molecule has 0 radical (unpaired) electrons. The zero-order chi connectivity index (χ0) is 18.6. The third kappa shape index (κ3) is 4.68. The normalized spacial score (nSPS) is 11.4. The van der Waals surface area contributed by atoms with Gasteiger partial charge in [-0.05, 0) is 36.4 Å². The Kier molecular flexibility index (Phi) is 5.99. The van der Waals surface area contributed by atoms with Crippen molar-refractivity contribution >= 4 is 39.0 Å². The standard InChI is InChI=1S/C16H19ClN4O3S/c1-20(2)16-14(5-4-10-18-16)19-15(22)11-21(3)25(23,24)13-8-6-12(17)7-9-13/h4-10H,11H2,1-3H3,(H,19,22). The zero-order valence-electron chi connectivity index (χ0n) is 14.1. The molecule has 0 atom stereocenters. The van der Waals surface area contributed by atoms with Crippen LogP contribution in [0.25, 0.3) is 0 Å². The maximum atomic E-state index is 12.5. The molecular weight excluding hydrogens is 364 g/mol. The van der Waals surface area contributed by atoms with E-state index in [2.05, 4.69) is 10.3 Å². The number of rotatable bonds is 6. The van der Waals surface area contributed by atoms with Gasteiger partial charge in [0.15, 0.2) is 5.82 Å². The Morgan fingerprint density at radius 3 is 2.40 bits per heavy atom. The van der Waals surface area contributed by atoms with Gasteiger partial charge in [0.25, 0.3) is 0 Å². The molecule has 1 aromatic heterocycles. The number of halogens is 1. The average molecular weight is 383 g/mol. The number of pyridine rings is 1. The highest BCUT2D eigenvalue weighted by Gasteiger charge is 2.23. The van der Waals surface area contributed by atoms with Crippen LogP contribution in [0.1, 0.15) is 0 Å². The Labute approximate surface area is 152 Å². The van der Waals surface area contributed by atoms with E-state index in [1.807, 2.05) is 0 Å². The first-order chi connectivity index (χ1) is 11.7. The lowest BCUT2D eigenvalue weighted by Crippen LogP contribution is -2.35. The molecule has 1 aromatic carbocycles. The molecule has 0 aliphatic rings. The van der Waals surface area contributed by atoms with E-state index in [1.165, 1.54) is 31.3 Å². The van der Waals surface area contributed by atoms with E-state index in [0.29, 0.717) is 16.5 Å². The van der Waals surface area contributed by atoms with Crippen LogP contribution >= 0.6 is 11.6 Å². The van der Waals surface area contributed by atoms with Crippen LogP contribution in [0, 0.1) is 0 Å². The molecule has 0 saturated carbocycles. The van der Waals surface area contributed by atoms with Gasteiger partial charge in [-0.15, -0.1) is 0 Å². The van der Waals surface area contributed by atoms with Crippen LogP contribution in [0.5, 0.6) is 0 Å². The molecule has 0 unspecified atom stereocenters. The van der Waals surface area contributed by atoms with Crippen LogP contribution in [0.3, 0.4) is 0 Å². The Hall–Kier alpha value is -2.16. The largest absolute Gasteiger partial charge is 0.361 e. The Morgan fingerprint density at radius 1 is 1.16 bits per heavy atom. The highest BCUT2D eigenvalue weighted by molar-refractivity contribution is 7.89. The summed E-state index contributed by atoms with van der Waals surface area (Å²) in [5.74, 6) is 0.121. The minimum atomic E-state index is -3.78. The quantitative estimate of drug-likeness (QED) is 0.826. The third-order valence-corrected chi connectivity index (χ3v) is 5.44. The van der Waals surface area contributed by atoms with Gasteiger partial charge < -0.3 is 10.2 Å². The number of aromatic nitrogens is 1. The molecule has 1 heterocycles. The van der Waals surface area contributed by atoms with E-state index >= 15 is 0 Å². The number of hydrogen-bond acceptors (Lipinski definition) is 5. The lowest BCUT2D eigenvalue weighted by atomic mass is 10.3. The predicted molar refractivity (Wildman–Crippen MR) is 98.5 cm³/mol. The van der Waals surface area contributed by atoms with Gasteiger partial charge >= 0.3 is 0 Å². The van der Waals surface area contributed by atoms with Gasteiger partial charge in [-0.2, -0.15) is 4.31 Å². The van der Waals surface area contributed by atoms with E-state index in [4.69, 9.17) is 11.6 Å². The maximum Gasteiger partial charge on any atom is 0.243 e. The Balaban J connectivity index is 2.11. The Morgan fingerprint density at radius 2 is 1.80 bits per heavy atom. The number of sulfonamides is 1. The molecule has 2 aromatic rings. The van der Waals surface area contributed by atoms with Crippen molar-refractivity contribution in [1.29, 1.82) is 0 Å². The van der Waals surface area contributed by atoms with Gasteiger partial charge in [-0.25, -0.2) is 13.4 Å². The zero-order valence-corrected chi connectivity index (χ0v) is 15.7. The van der Waals surface area contributed by atoms with Gasteiger partial charge in [-0.3, -0.25) is 4.79 Å². The molecule has 0 bridgehead atoms. The van der Waals surface area contributed by atoms with Crippen LogP contribution in [0.4, 0.5) is 11.5 Å². The first-order valence-electron chi connectivity index (χ1n) is 7.36. The minimum absolute atomic E-state index is 0.0718. The number of anilines is 2. The number of nitrogens with zero attached hydrogens (tertiary/aromatic N) is 3. The molecule has 1 amide bonds. The molecule has 7 nitrogen and oxygen atoms in total. The van der Waals surface area contributed by atoms with Crippen LogP contribution in [-0.2, 0) is 14.8 Å². The second-order valence-electron chi connectivity index (χ2n) is 5.53. The highest BCUT2D eigenvalue weighted by atomic mass is 35.5. The van der Waals surface area contributed by atoms with Gasteiger partial charge in [0.2, 0.25) is 15.9 Å². The monoisotopic (exact) mass is 382 g/mol. The molecule has 0 fully saturated rings. The van der Waals surface area contributed by atoms with Crippen molar-refractivity contribution in [2.45, 2.75) is 4.90 Å². The van der Waals surface area contributed by atoms with Gasteiger partial charge in [-0.1, -0.05) is 11.6 Å². The fraction of sp³-hybridized carbons (Fsp3) is 0.250. The number of amides is 1. The molecular formula is C16H19ClN4O3S. The summed E-state index contributed by atoms with van der Waals surface area (Å²) in [6, 6.07) is 9.17. The van der Waals surface area contributed by atoms with E-state index in [0.717, 1.165) is 4.31 Å². The van der Waals surface area contributed by atoms with Crippen LogP contribution in [-0.4, -0.2) is 51.3 Å². The topological polar surface area (TPSA) is 82.6 Å². The van der Waals surface area contributed by atoms with Crippen molar-refractivity contribution in [3.05, 3.63) is 47.6 Å². The summed E-state index contributed by atoms with van der Waals surface area (Å²) >= 11 is 5.77. The van der Waals surface area contributed by atoms with Crippen molar-refractivity contribution in [3.8, 4) is 0 Å². The fourth-order valence-electron chi connectivity index (χ4n) is 2.11. The van der Waals surface area contributed by atoms with E-state index in [1.54, 1.807) is 37.3 Å². The molecule has 0 spiro atoms. The number of nitrogens with one attached hydrogen (secondary N) is 1. The van der Waals surface area contributed by atoms with Crippen molar-refractivity contribution in [2.75, 3.05) is 37.9 Å². The SMILES string of the molecule is CN(C)c1ncccc1NC(=O)CN(C)S(=O)(=O)c1ccc(Cl)cc1. The summed E-state index contributed by atoms with van der Waals surface area (Å²) in [5, 5.41) is 3.12. The first kappa shape index (κ1) is 19.2. The number of carbonyl (C=O) groups excluding carboxylic acids is 1. The van der Waals surface area contributed by atoms with Crippen LogP contribution in [0.2, 0.25) is 5.02 Å². The minimum Gasteiger partial charge on any atom is -0.361 e. The van der Waals surface area contributed by atoms with Gasteiger partial charge in [0.1, 0.15) is 0 Å². The lowest BCUT2D eigenvalue weighted by Gasteiger charge is -2.19. The number of likely N-dealkylation sites (N-methyl/N-ethyl adjacent to an activating group) is 1. The third-order valence-electron chi connectivity index (χ3n) is 3.37. The van der Waals surface area contributed by atoms with Gasteiger partial charge in [0.05, 0.1) is 17.1 Å². The summed E-state index contributed by atoms with van der Waals surface area (Å²) in [4.78, 5) is 18.3. The lowest BCUT2D eigenvalue weighted by molar-refractivity contribution is -0.116. The molecule has 2 rings (SSSR count). The first-order valence-corrected chi connectivity index (χ1v) is 9.17. The second-order valence-corrected chi connectivity index (χ2v) is 8.01.